The summed E-state index contributed by atoms with van der Waals surface area (Å²) in [4.78, 5) is 59.3. The molecule has 2 heterocycles. The molecule has 2 aliphatic rings. The number of unbranched alkanes of at least 4 members (excludes halogenated alkanes) is 1. The van der Waals surface area contributed by atoms with Gasteiger partial charge in [0.2, 0.25) is 17.7 Å². The van der Waals surface area contributed by atoms with Crippen LogP contribution in [0.3, 0.4) is 0 Å². The van der Waals surface area contributed by atoms with Crippen molar-refractivity contribution in [3.05, 3.63) is 65.7 Å². The van der Waals surface area contributed by atoms with Gasteiger partial charge in [0.1, 0.15) is 24.9 Å². The average Bonchev–Trinajstić information content (AvgIpc) is 3.52. The number of likely N-dealkylation sites (N-methyl/N-ethyl adjacent to an activating group) is 1. The summed E-state index contributed by atoms with van der Waals surface area (Å²) < 4.78 is 5.92. The van der Waals surface area contributed by atoms with E-state index in [1.54, 1.807) is 29.2 Å². The van der Waals surface area contributed by atoms with Gasteiger partial charge in [-0.15, -0.1) is 0 Å². The maximum absolute atomic E-state index is 13.7. The zero-order chi connectivity index (χ0) is 29.7. The number of ether oxygens (including phenoxy) is 1. The summed E-state index contributed by atoms with van der Waals surface area (Å²) in [6.45, 7) is 6.58. The van der Waals surface area contributed by atoms with E-state index in [1.165, 1.54) is 17.7 Å². The summed E-state index contributed by atoms with van der Waals surface area (Å²) in [5.74, 6) is -1.17. The Hall–Kier alpha value is -3.92. The van der Waals surface area contributed by atoms with Crippen LogP contribution in [-0.4, -0.2) is 96.8 Å². The minimum atomic E-state index is -1.12. The quantitative estimate of drug-likeness (QED) is 0.443. The third-order valence-electron chi connectivity index (χ3n) is 7.78. The van der Waals surface area contributed by atoms with Gasteiger partial charge in [-0.1, -0.05) is 42.5 Å². The van der Waals surface area contributed by atoms with Crippen molar-refractivity contribution in [1.29, 1.82) is 0 Å². The van der Waals surface area contributed by atoms with Crippen molar-refractivity contribution < 1.29 is 23.9 Å². The van der Waals surface area contributed by atoms with Crippen LogP contribution in [0.2, 0.25) is 0 Å². The lowest BCUT2D eigenvalue weighted by atomic mass is 10.1. The Kier molecular flexibility index (Phi) is 11.8. The summed E-state index contributed by atoms with van der Waals surface area (Å²) in [5.41, 5.74) is 1.13. The van der Waals surface area contributed by atoms with Gasteiger partial charge in [-0.05, 0) is 69.9 Å². The number of para-hydroxylation sites is 1. The number of likely N-dealkylation sites (tertiary alicyclic amines) is 1. The van der Waals surface area contributed by atoms with Gasteiger partial charge in [0, 0.05) is 19.6 Å². The first-order valence-electron chi connectivity index (χ1n) is 15.1. The highest BCUT2D eigenvalue weighted by Gasteiger charge is 2.30. The van der Waals surface area contributed by atoms with Gasteiger partial charge in [-0.25, -0.2) is 0 Å². The highest BCUT2D eigenvalue weighted by atomic mass is 16.5. The standard InChI is InChI=1S/C32H43N5O5/c1-2-36-20-21-42-28-15-7-6-14-26(28)31(40)34-27(32(41)33-16-8-9-17-35-18-10-11-19-35)22-29(38)37(24-30(36)39)23-25-12-4-3-5-13-25/h3-7,12-15,27H,2,8-11,16-24H2,1H3,(H,33,41)(H,34,40)/t27-/m0/s1. The summed E-state index contributed by atoms with van der Waals surface area (Å²) in [5, 5.41) is 5.69. The molecule has 2 N–H and O–H groups in total. The zero-order valence-electron chi connectivity index (χ0n) is 24.6. The Morgan fingerprint density at radius 1 is 0.929 bits per heavy atom. The maximum Gasteiger partial charge on any atom is 0.255 e. The van der Waals surface area contributed by atoms with Gasteiger partial charge in [0.15, 0.2) is 0 Å². The summed E-state index contributed by atoms with van der Waals surface area (Å²) in [6, 6.07) is 15.1. The molecule has 0 bridgehead atoms. The Balaban J connectivity index is 1.52. The molecule has 0 radical (unpaired) electrons. The topological polar surface area (TPSA) is 111 Å². The van der Waals surface area contributed by atoms with E-state index in [4.69, 9.17) is 4.74 Å². The molecule has 1 atom stereocenters. The van der Waals surface area contributed by atoms with Crippen molar-refractivity contribution >= 4 is 23.6 Å². The molecule has 2 aliphatic heterocycles. The number of carbonyl (C=O) groups excluding carboxylic acids is 4. The first-order chi connectivity index (χ1) is 20.4. The molecular weight excluding hydrogens is 534 g/mol. The average molecular weight is 578 g/mol. The molecule has 0 spiro atoms. The third kappa shape index (κ3) is 9.04. The van der Waals surface area contributed by atoms with Crippen molar-refractivity contribution in [2.75, 3.05) is 52.4 Å². The van der Waals surface area contributed by atoms with E-state index in [2.05, 4.69) is 15.5 Å². The number of hydrogen-bond donors (Lipinski definition) is 2. The van der Waals surface area contributed by atoms with Crippen LogP contribution < -0.4 is 15.4 Å². The fourth-order valence-corrected chi connectivity index (χ4v) is 5.35. The van der Waals surface area contributed by atoms with Crippen molar-refractivity contribution in [2.45, 2.75) is 51.6 Å². The predicted octanol–water partition coefficient (Wildman–Crippen LogP) is 2.44. The second-order valence-corrected chi connectivity index (χ2v) is 10.8. The molecule has 226 valence electrons. The van der Waals surface area contributed by atoms with Crippen molar-refractivity contribution in [1.82, 2.24) is 25.3 Å². The molecular formula is C32H43N5O5. The largest absolute Gasteiger partial charge is 0.491 e. The second kappa shape index (κ2) is 15.9. The van der Waals surface area contributed by atoms with Crippen LogP contribution in [0.25, 0.3) is 0 Å². The molecule has 42 heavy (non-hydrogen) atoms. The normalized spacial score (nSPS) is 19.1. The van der Waals surface area contributed by atoms with Gasteiger partial charge in [0.05, 0.1) is 18.5 Å². The second-order valence-electron chi connectivity index (χ2n) is 10.8. The van der Waals surface area contributed by atoms with Crippen LogP contribution in [-0.2, 0) is 20.9 Å². The number of carbonyl (C=O) groups is 4. The molecule has 2 aromatic carbocycles. The molecule has 2 aromatic rings. The zero-order valence-corrected chi connectivity index (χ0v) is 24.6. The van der Waals surface area contributed by atoms with E-state index in [0.717, 1.165) is 38.0 Å². The molecule has 10 nitrogen and oxygen atoms in total. The van der Waals surface area contributed by atoms with Gasteiger partial charge in [-0.3, -0.25) is 19.2 Å². The summed E-state index contributed by atoms with van der Waals surface area (Å²) in [7, 11) is 0. The lowest BCUT2D eigenvalue weighted by molar-refractivity contribution is -0.142. The fraction of sp³-hybridized carbons (Fsp3) is 0.500. The van der Waals surface area contributed by atoms with E-state index >= 15 is 0 Å². The highest BCUT2D eigenvalue weighted by molar-refractivity contribution is 6.01. The number of nitrogens with one attached hydrogen (secondary N) is 2. The number of nitrogens with zero attached hydrogens (tertiary/aromatic N) is 3. The molecule has 0 aliphatic carbocycles. The van der Waals surface area contributed by atoms with E-state index in [0.29, 0.717) is 25.4 Å². The molecule has 1 saturated heterocycles. The van der Waals surface area contributed by atoms with Crippen LogP contribution in [0.4, 0.5) is 0 Å². The minimum Gasteiger partial charge on any atom is -0.491 e. The molecule has 4 rings (SSSR count). The van der Waals surface area contributed by atoms with Crippen LogP contribution in [0.15, 0.2) is 54.6 Å². The molecule has 10 heteroatoms. The number of benzene rings is 2. The van der Waals surface area contributed by atoms with Crippen LogP contribution >= 0.6 is 0 Å². The number of amides is 4. The van der Waals surface area contributed by atoms with Gasteiger partial charge >= 0.3 is 0 Å². The number of rotatable bonds is 9. The SMILES string of the molecule is CCN1CCOc2ccccc2C(=O)N[C@H](C(=O)NCCCCN2CCCC2)CC(=O)N(Cc2ccccc2)CC1=O. The van der Waals surface area contributed by atoms with Gasteiger partial charge < -0.3 is 30.1 Å². The molecule has 1 fully saturated rings. The van der Waals surface area contributed by atoms with Crippen LogP contribution in [0.5, 0.6) is 5.75 Å². The molecule has 0 aromatic heterocycles. The minimum absolute atomic E-state index is 0.142. The Bertz CT molecular complexity index is 1200. The highest BCUT2D eigenvalue weighted by Crippen LogP contribution is 2.19. The predicted molar refractivity (Wildman–Crippen MR) is 160 cm³/mol. The van der Waals surface area contributed by atoms with Crippen molar-refractivity contribution in [2.24, 2.45) is 0 Å². The van der Waals surface area contributed by atoms with Crippen LogP contribution in [0, 0.1) is 0 Å². The fourth-order valence-electron chi connectivity index (χ4n) is 5.35. The van der Waals surface area contributed by atoms with E-state index in [9.17, 15) is 19.2 Å². The van der Waals surface area contributed by atoms with Gasteiger partial charge in [-0.2, -0.15) is 0 Å². The Morgan fingerprint density at radius 2 is 1.67 bits per heavy atom. The molecule has 4 amide bonds. The van der Waals surface area contributed by atoms with E-state index < -0.39 is 17.9 Å². The lowest BCUT2D eigenvalue weighted by Crippen LogP contribution is -2.51. The van der Waals surface area contributed by atoms with Crippen molar-refractivity contribution in [3.63, 3.8) is 0 Å². The first-order valence-corrected chi connectivity index (χ1v) is 15.1. The smallest absolute Gasteiger partial charge is 0.255 e. The summed E-state index contributed by atoms with van der Waals surface area (Å²) in [6.07, 6.45) is 3.96. The first kappa shape index (κ1) is 31.0. The Labute approximate surface area is 248 Å². The maximum atomic E-state index is 13.7. The molecule has 0 saturated carbocycles. The van der Waals surface area contributed by atoms with E-state index in [1.807, 2.05) is 37.3 Å². The lowest BCUT2D eigenvalue weighted by Gasteiger charge is -2.29. The summed E-state index contributed by atoms with van der Waals surface area (Å²) >= 11 is 0. The van der Waals surface area contributed by atoms with Crippen LogP contribution in [0.1, 0.15) is 54.9 Å². The molecule has 0 unspecified atom stereocenters. The monoisotopic (exact) mass is 577 g/mol. The Morgan fingerprint density at radius 3 is 2.43 bits per heavy atom. The third-order valence-corrected chi connectivity index (χ3v) is 7.78. The van der Waals surface area contributed by atoms with E-state index in [-0.39, 0.29) is 43.5 Å². The number of hydrogen-bond acceptors (Lipinski definition) is 6. The van der Waals surface area contributed by atoms with Gasteiger partial charge in [0.25, 0.3) is 5.91 Å². The number of fused-ring (bicyclic) bond motifs is 1. The van der Waals surface area contributed by atoms with Crippen molar-refractivity contribution in [3.8, 4) is 5.75 Å².